The number of hydrogen-bond acceptors (Lipinski definition) is 3. The molecule has 0 aliphatic heterocycles. The second-order valence-electron chi connectivity index (χ2n) is 5.01. The van der Waals surface area contributed by atoms with Crippen molar-refractivity contribution in [2.75, 3.05) is 20.2 Å². The summed E-state index contributed by atoms with van der Waals surface area (Å²) in [7, 11) is 1.50. The van der Waals surface area contributed by atoms with E-state index in [0.29, 0.717) is 5.75 Å². The van der Waals surface area contributed by atoms with E-state index in [1.165, 1.54) is 36.2 Å². The van der Waals surface area contributed by atoms with E-state index in [2.05, 4.69) is 5.10 Å². The lowest BCUT2D eigenvalue weighted by Gasteiger charge is -2.17. The Hall–Kier alpha value is -2.58. The van der Waals surface area contributed by atoms with E-state index in [9.17, 15) is 22.4 Å². The van der Waals surface area contributed by atoms with Crippen LogP contribution in [0.4, 0.5) is 17.6 Å². The number of halogens is 4. The summed E-state index contributed by atoms with van der Waals surface area (Å²) in [5.74, 6) is -0.333. The van der Waals surface area contributed by atoms with Crippen LogP contribution in [0, 0.1) is 5.82 Å². The Kier molecular flexibility index (Phi) is 5.42. The molecule has 9 heteroatoms. The molecule has 0 spiro atoms. The minimum atomic E-state index is -4.54. The van der Waals surface area contributed by atoms with E-state index in [1.807, 2.05) is 0 Å². The number of carbonyl (C=O) groups is 1. The van der Waals surface area contributed by atoms with Crippen LogP contribution in [0.5, 0.6) is 5.75 Å². The summed E-state index contributed by atoms with van der Waals surface area (Å²) in [6.45, 7) is 0.0908. The number of nitrogens with zero attached hydrogens (tertiary/aromatic N) is 3. The zero-order valence-electron chi connectivity index (χ0n) is 12.8. The summed E-state index contributed by atoms with van der Waals surface area (Å²) in [6, 6.07) is 6.23. The van der Waals surface area contributed by atoms with Crippen LogP contribution >= 0.6 is 0 Å². The van der Waals surface area contributed by atoms with Crippen LogP contribution in [0.3, 0.4) is 0 Å². The van der Waals surface area contributed by atoms with Gasteiger partial charge in [-0.1, -0.05) is 0 Å². The molecule has 5 nitrogen and oxygen atoms in total. The van der Waals surface area contributed by atoms with Gasteiger partial charge in [0.1, 0.15) is 24.7 Å². The first-order valence-corrected chi connectivity index (χ1v) is 6.98. The van der Waals surface area contributed by atoms with Crippen LogP contribution in [0.15, 0.2) is 36.5 Å². The first kappa shape index (κ1) is 17.8. The number of likely N-dealkylation sites (N-methyl/N-ethyl adjacent to an activating group) is 1. The first-order valence-electron chi connectivity index (χ1n) is 6.98. The summed E-state index contributed by atoms with van der Waals surface area (Å²) in [5.41, 5.74) is -1.04. The minimum absolute atomic E-state index is 0.167. The number of aromatic nitrogens is 2. The third kappa shape index (κ3) is 4.97. The topological polar surface area (TPSA) is 47.4 Å². The molecule has 1 heterocycles. The number of amides is 1. The van der Waals surface area contributed by atoms with Crippen molar-refractivity contribution in [2.24, 2.45) is 0 Å². The molecule has 0 radical (unpaired) electrons. The molecule has 0 unspecified atom stereocenters. The lowest BCUT2D eigenvalue weighted by molar-refractivity contribution is -0.142. The highest BCUT2D eigenvalue weighted by atomic mass is 19.4. The predicted octanol–water partition coefficient (Wildman–Crippen LogP) is 2.58. The van der Waals surface area contributed by atoms with Crippen LogP contribution in [-0.2, 0) is 17.5 Å². The van der Waals surface area contributed by atoms with E-state index in [1.54, 1.807) is 0 Å². The Bertz CT molecular complexity index is 683. The standard InChI is InChI=1S/C15H15F4N3O2/c1-21(8-9-24-12-4-2-11(16)3-5-12)14(23)10-22-7-6-13(20-22)15(17,18)19/h2-7H,8-10H2,1H3. The smallest absolute Gasteiger partial charge is 0.435 e. The molecule has 24 heavy (non-hydrogen) atoms. The number of ether oxygens (including phenoxy) is 1. The van der Waals surface area contributed by atoms with Gasteiger partial charge in [-0.2, -0.15) is 18.3 Å². The normalized spacial score (nSPS) is 11.4. The van der Waals surface area contributed by atoms with Crippen LogP contribution in [0.25, 0.3) is 0 Å². The van der Waals surface area contributed by atoms with Crippen molar-refractivity contribution in [1.82, 2.24) is 14.7 Å². The van der Waals surface area contributed by atoms with Gasteiger partial charge in [0.05, 0.1) is 6.54 Å². The van der Waals surface area contributed by atoms with Crippen molar-refractivity contribution in [3.63, 3.8) is 0 Å². The summed E-state index contributed by atoms with van der Waals surface area (Å²) in [5, 5.41) is 3.32. The van der Waals surface area contributed by atoms with Gasteiger partial charge >= 0.3 is 6.18 Å². The van der Waals surface area contributed by atoms with Gasteiger partial charge in [0.15, 0.2) is 5.69 Å². The second kappa shape index (κ2) is 7.33. The van der Waals surface area contributed by atoms with Gasteiger partial charge in [-0.3, -0.25) is 9.48 Å². The van der Waals surface area contributed by atoms with Gasteiger partial charge in [-0.05, 0) is 30.3 Å². The highest BCUT2D eigenvalue weighted by Gasteiger charge is 2.33. The Morgan fingerprint density at radius 2 is 1.92 bits per heavy atom. The highest BCUT2D eigenvalue weighted by Crippen LogP contribution is 2.27. The quantitative estimate of drug-likeness (QED) is 0.756. The van der Waals surface area contributed by atoms with Crippen LogP contribution in [0.2, 0.25) is 0 Å². The second-order valence-corrected chi connectivity index (χ2v) is 5.01. The van der Waals surface area contributed by atoms with E-state index < -0.39 is 17.8 Å². The largest absolute Gasteiger partial charge is 0.492 e. The van der Waals surface area contributed by atoms with Crippen molar-refractivity contribution in [3.05, 3.63) is 48.0 Å². The molecule has 0 bridgehead atoms. The lowest BCUT2D eigenvalue weighted by Crippen LogP contribution is -2.33. The fraction of sp³-hybridized carbons (Fsp3) is 0.333. The van der Waals surface area contributed by atoms with Gasteiger partial charge in [-0.25, -0.2) is 4.39 Å². The number of hydrogen-bond donors (Lipinski definition) is 0. The SMILES string of the molecule is CN(CCOc1ccc(F)cc1)C(=O)Cn1ccc(C(F)(F)F)n1. The molecule has 0 aliphatic carbocycles. The van der Waals surface area contributed by atoms with E-state index in [-0.39, 0.29) is 25.5 Å². The van der Waals surface area contributed by atoms with Gasteiger partial charge < -0.3 is 9.64 Å². The molecule has 0 saturated carbocycles. The predicted molar refractivity (Wildman–Crippen MR) is 76.8 cm³/mol. The van der Waals surface area contributed by atoms with Gasteiger partial charge in [0.2, 0.25) is 5.91 Å². The summed E-state index contributed by atoms with van der Waals surface area (Å²) in [4.78, 5) is 13.3. The zero-order valence-corrected chi connectivity index (χ0v) is 12.8. The molecule has 0 N–H and O–H groups in total. The minimum Gasteiger partial charge on any atom is -0.492 e. The molecule has 0 saturated heterocycles. The Balaban J connectivity index is 1.79. The Labute approximate surface area is 135 Å². The van der Waals surface area contributed by atoms with Gasteiger partial charge in [0, 0.05) is 13.2 Å². The maximum atomic E-state index is 12.7. The number of alkyl halides is 3. The molecule has 1 aromatic heterocycles. The van der Waals surface area contributed by atoms with Crippen molar-refractivity contribution in [3.8, 4) is 5.75 Å². The molecule has 130 valence electrons. The van der Waals surface area contributed by atoms with Crippen molar-refractivity contribution < 1.29 is 27.1 Å². The molecule has 0 fully saturated rings. The monoisotopic (exact) mass is 345 g/mol. The zero-order chi connectivity index (χ0) is 17.7. The van der Waals surface area contributed by atoms with E-state index >= 15 is 0 Å². The lowest BCUT2D eigenvalue weighted by atomic mass is 10.3. The molecule has 0 aliphatic rings. The first-order chi connectivity index (χ1) is 11.3. The molecule has 2 rings (SSSR count). The van der Waals surface area contributed by atoms with E-state index in [4.69, 9.17) is 4.74 Å². The maximum absolute atomic E-state index is 12.7. The number of carbonyl (C=O) groups excluding carboxylic acids is 1. The Morgan fingerprint density at radius 1 is 1.25 bits per heavy atom. The molecular weight excluding hydrogens is 330 g/mol. The fourth-order valence-corrected chi connectivity index (χ4v) is 1.82. The average Bonchev–Trinajstić information content (AvgIpc) is 2.98. The van der Waals surface area contributed by atoms with Crippen LogP contribution in [0.1, 0.15) is 5.69 Å². The number of benzene rings is 1. The van der Waals surface area contributed by atoms with Crippen molar-refractivity contribution in [1.29, 1.82) is 0 Å². The third-order valence-electron chi connectivity index (χ3n) is 3.16. The molecule has 2 aromatic rings. The van der Waals surface area contributed by atoms with Gasteiger partial charge in [-0.15, -0.1) is 0 Å². The molecule has 0 atom stereocenters. The molecular formula is C15H15F4N3O2. The Morgan fingerprint density at radius 3 is 2.50 bits per heavy atom. The molecule has 1 amide bonds. The van der Waals surface area contributed by atoms with Crippen molar-refractivity contribution >= 4 is 5.91 Å². The van der Waals surface area contributed by atoms with Crippen LogP contribution < -0.4 is 4.74 Å². The number of rotatable bonds is 6. The summed E-state index contributed by atoms with van der Waals surface area (Å²) in [6.07, 6.45) is -3.44. The average molecular weight is 345 g/mol. The summed E-state index contributed by atoms with van der Waals surface area (Å²) < 4.78 is 56.3. The summed E-state index contributed by atoms with van der Waals surface area (Å²) >= 11 is 0. The fourth-order valence-electron chi connectivity index (χ4n) is 1.82. The van der Waals surface area contributed by atoms with E-state index in [0.717, 1.165) is 16.9 Å². The maximum Gasteiger partial charge on any atom is 0.435 e. The van der Waals surface area contributed by atoms with Crippen LogP contribution in [-0.4, -0.2) is 40.8 Å². The van der Waals surface area contributed by atoms with Gasteiger partial charge in [0.25, 0.3) is 0 Å². The highest BCUT2D eigenvalue weighted by molar-refractivity contribution is 5.75. The third-order valence-corrected chi connectivity index (χ3v) is 3.16. The van der Waals surface area contributed by atoms with Crippen molar-refractivity contribution in [2.45, 2.75) is 12.7 Å². The molecule has 1 aromatic carbocycles.